The average molecular weight is 350 g/mol. The minimum absolute atomic E-state index is 0.555. The lowest BCUT2D eigenvalue weighted by Gasteiger charge is -2.30. The van der Waals surface area contributed by atoms with Crippen LogP contribution in [-0.2, 0) is 0 Å². The molecule has 0 spiro atoms. The summed E-state index contributed by atoms with van der Waals surface area (Å²) in [6.07, 6.45) is 6.59. The normalized spacial score (nSPS) is 15.9. The van der Waals surface area contributed by atoms with Gasteiger partial charge >= 0.3 is 0 Å². The smallest absolute Gasteiger partial charge is 0.102 e. The second-order valence-electron chi connectivity index (χ2n) is 6.65. The lowest BCUT2D eigenvalue weighted by Crippen LogP contribution is -2.36. The van der Waals surface area contributed by atoms with Crippen LogP contribution in [0.25, 0.3) is 15.8 Å². The molecule has 2 aromatic heterocycles. The maximum absolute atomic E-state index is 3.80. The first-order valence-electron chi connectivity index (χ1n) is 8.83. The van der Waals surface area contributed by atoms with Crippen molar-refractivity contribution in [3.8, 4) is 17.5 Å². The van der Waals surface area contributed by atoms with Gasteiger partial charge in [0.1, 0.15) is 4.88 Å². The highest BCUT2D eigenvalue weighted by molar-refractivity contribution is 7.20. The Bertz CT molecular complexity index is 919. The van der Waals surface area contributed by atoms with E-state index in [0.717, 1.165) is 4.88 Å². The monoisotopic (exact) mass is 349 g/mol. The molecule has 0 amide bonds. The number of anilines is 1. The van der Waals surface area contributed by atoms with Gasteiger partial charge in [-0.25, -0.2) is 0 Å². The van der Waals surface area contributed by atoms with Gasteiger partial charge in [0.2, 0.25) is 0 Å². The van der Waals surface area contributed by atoms with Crippen molar-refractivity contribution in [2.45, 2.75) is 25.8 Å². The van der Waals surface area contributed by atoms with Crippen LogP contribution in [0.1, 0.15) is 24.6 Å². The van der Waals surface area contributed by atoms with Crippen LogP contribution in [0.4, 0.5) is 5.69 Å². The van der Waals surface area contributed by atoms with Gasteiger partial charge in [0.15, 0.2) is 0 Å². The van der Waals surface area contributed by atoms with Crippen LogP contribution < -0.4 is 5.32 Å². The molecule has 1 aliphatic heterocycles. The molecule has 1 saturated heterocycles. The number of rotatable bonds is 3. The van der Waals surface area contributed by atoms with E-state index in [1.54, 1.807) is 11.3 Å². The van der Waals surface area contributed by atoms with Crippen molar-refractivity contribution in [1.29, 1.82) is 0 Å². The molecule has 3 aromatic rings. The number of aromatic nitrogens is 1. The summed E-state index contributed by atoms with van der Waals surface area (Å²) >= 11 is 1.80. The highest BCUT2D eigenvalue weighted by Crippen LogP contribution is 2.38. The zero-order valence-corrected chi connectivity index (χ0v) is 15.6. The summed E-state index contributed by atoms with van der Waals surface area (Å²) in [5, 5.41) is 5.07. The lowest BCUT2D eigenvalue weighted by atomic mass is 10.0. The van der Waals surface area contributed by atoms with Gasteiger partial charge in [0.25, 0.3) is 0 Å². The number of likely N-dealkylation sites (tertiary alicyclic amines) is 1. The molecule has 128 valence electrons. The van der Waals surface area contributed by atoms with Crippen molar-refractivity contribution < 1.29 is 0 Å². The molecule has 1 fully saturated rings. The van der Waals surface area contributed by atoms with Crippen molar-refractivity contribution >= 4 is 27.1 Å². The number of hydrogen-bond acceptors (Lipinski definition) is 3. The first kappa shape index (κ1) is 16.3. The van der Waals surface area contributed by atoms with Crippen LogP contribution >= 0.6 is 11.3 Å². The second kappa shape index (κ2) is 6.95. The van der Waals surface area contributed by atoms with E-state index in [9.17, 15) is 0 Å². The Balaban J connectivity index is 1.76. The van der Waals surface area contributed by atoms with E-state index in [1.165, 1.54) is 47.4 Å². The number of nitrogens with zero attached hydrogens (tertiary/aromatic N) is 2. The van der Waals surface area contributed by atoms with Crippen LogP contribution in [0.15, 0.2) is 42.7 Å². The molecule has 25 heavy (non-hydrogen) atoms. The van der Waals surface area contributed by atoms with Crippen molar-refractivity contribution in [3.63, 3.8) is 0 Å². The van der Waals surface area contributed by atoms with Gasteiger partial charge < -0.3 is 14.8 Å². The van der Waals surface area contributed by atoms with E-state index in [1.807, 2.05) is 6.92 Å². The zero-order chi connectivity index (χ0) is 17.2. The minimum Gasteiger partial charge on any atom is -0.381 e. The van der Waals surface area contributed by atoms with E-state index in [4.69, 9.17) is 0 Å². The molecular weight excluding hydrogens is 326 g/mol. The quantitative estimate of drug-likeness (QED) is 0.699. The largest absolute Gasteiger partial charge is 0.381 e. The summed E-state index contributed by atoms with van der Waals surface area (Å²) in [7, 11) is 2.20. The third-order valence-corrected chi connectivity index (χ3v) is 6.01. The van der Waals surface area contributed by atoms with Crippen LogP contribution in [0, 0.1) is 11.8 Å². The van der Waals surface area contributed by atoms with E-state index in [-0.39, 0.29) is 0 Å². The predicted molar refractivity (Wildman–Crippen MR) is 108 cm³/mol. The van der Waals surface area contributed by atoms with Gasteiger partial charge in [-0.05, 0) is 58.1 Å². The molecule has 4 heteroatoms. The fourth-order valence-corrected chi connectivity index (χ4v) is 4.71. The molecule has 1 aliphatic rings. The molecule has 0 atom stereocenters. The maximum atomic E-state index is 3.80. The van der Waals surface area contributed by atoms with Crippen molar-refractivity contribution in [2.75, 3.05) is 25.5 Å². The Morgan fingerprint density at radius 3 is 2.60 bits per heavy atom. The molecule has 3 nitrogen and oxygen atoms in total. The first-order chi connectivity index (χ1) is 12.3. The number of hydrogen-bond donors (Lipinski definition) is 1. The molecule has 0 saturated carbocycles. The number of fused-ring (bicyclic) bond motifs is 1. The van der Waals surface area contributed by atoms with E-state index >= 15 is 0 Å². The second-order valence-corrected chi connectivity index (χ2v) is 7.67. The van der Waals surface area contributed by atoms with Gasteiger partial charge in [-0.3, -0.25) is 0 Å². The summed E-state index contributed by atoms with van der Waals surface area (Å²) in [4.78, 5) is 3.54. The highest BCUT2D eigenvalue weighted by atomic mass is 32.1. The molecule has 0 bridgehead atoms. The number of piperidine rings is 1. The topological polar surface area (TPSA) is 20.2 Å². The highest BCUT2D eigenvalue weighted by Gasteiger charge is 2.19. The molecule has 3 heterocycles. The molecule has 0 aliphatic carbocycles. The van der Waals surface area contributed by atoms with E-state index < -0.39 is 0 Å². The first-order valence-corrected chi connectivity index (χ1v) is 9.64. The summed E-state index contributed by atoms with van der Waals surface area (Å²) in [6.45, 7) is 4.24. The Hall–Kier alpha value is -2.22. The SMILES string of the molecule is CC#Cc1sc2c(NC3CCN(C)CC3)cccc2c1-n1cccc1. The molecule has 1 aromatic carbocycles. The maximum Gasteiger partial charge on any atom is 0.102 e. The summed E-state index contributed by atoms with van der Waals surface area (Å²) in [6, 6.07) is 11.3. The standard InChI is InChI=1S/C21H23N3S/c1-3-7-19-20(24-12-4-5-13-24)17-8-6-9-18(21(17)25-19)22-16-10-14-23(2)15-11-16/h4-6,8-9,12-13,16,22H,10-11,14-15H2,1-2H3. The Morgan fingerprint density at radius 2 is 1.88 bits per heavy atom. The summed E-state index contributed by atoms with van der Waals surface area (Å²) < 4.78 is 3.49. The fourth-order valence-electron chi connectivity index (χ4n) is 3.53. The van der Waals surface area contributed by atoms with Gasteiger partial charge in [-0.15, -0.1) is 17.3 Å². The number of nitrogens with one attached hydrogen (secondary N) is 1. The Labute approximate surface area is 153 Å². The third-order valence-electron chi connectivity index (χ3n) is 4.87. The van der Waals surface area contributed by atoms with Crippen LogP contribution in [0.3, 0.4) is 0 Å². The molecule has 0 unspecified atom stereocenters. The minimum atomic E-state index is 0.555. The average Bonchev–Trinajstić information content (AvgIpc) is 3.25. The summed E-state index contributed by atoms with van der Waals surface area (Å²) in [5.41, 5.74) is 2.45. The molecular formula is C21H23N3S. The number of thiophene rings is 1. The Kier molecular flexibility index (Phi) is 4.52. The van der Waals surface area contributed by atoms with Crippen molar-refractivity contribution in [2.24, 2.45) is 0 Å². The van der Waals surface area contributed by atoms with Gasteiger partial charge in [-0.2, -0.15) is 0 Å². The van der Waals surface area contributed by atoms with Crippen molar-refractivity contribution in [1.82, 2.24) is 9.47 Å². The number of benzene rings is 1. The predicted octanol–water partition coefficient (Wildman–Crippen LogP) is 4.57. The third kappa shape index (κ3) is 3.18. The lowest BCUT2D eigenvalue weighted by molar-refractivity contribution is 0.264. The van der Waals surface area contributed by atoms with E-state index in [0.29, 0.717) is 6.04 Å². The van der Waals surface area contributed by atoms with Crippen LogP contribution in [0.5, 0.6) is 0 Å². The van der Waals surface area contributed by atoms with Crippen molar-refractivity contribution in [3.05, 3.63) is 47.6 Å². The molecule has 1 N–H and O–H groups in total. The Morgan fingerprint density at radius 1 is 1.12 bits per heavy atom. The molecule has 4 rings (SSSR count). The van der Waals surface area contributed by atoms with Gasteiger partial charge in [0.05, 0.1) is 16.1 Å². The fraction of sp³-hybridized carbons (Fsp3) is 0.333. The van der Waals surface area contributed by atoms with Gasteiger partial charge in [0, 0.05) is 23.8 Å². The van der Waals surface area contributed by atoms with Crippen LogP contribution in [-0.4, -0.2) is 35.6 Å². The van der Waals surface area contributed by atoms with Crippen LogP contribution in [0.2, 0.25) is 0 Å². The summed E-state index contributed by atoms with van der Waals surface area (Å²) in [5.74, 6) is 6.38. The van der Waals surface area contributed by atoms with Gasteiger partial charge in [-0.1, -0.05) is 18.1 Å². The van der Waals surface area contributed by atoms with E-state index in [2.05, 4.69) is 76.4 Å². The molecule has 0 radical (unpaired) electrons. The zero-order valence-electron chi connectivity index (χ0n) is 14.7.